The van der Waals surface area contributed by atoms with Gasteiger partial charge in [-0.2, -0.15) is 0 Å². The molecule has 0 radical (unpaired) electrons. The van der Waals surface area contributed by atoms with Crippen LogP contribution in [-0.2, 0) is 19.6 Å². The minimum atomic E-state index is -3.32. The van der Waals surface area contributed by atoms with E-state index in [-0.39, 0.29) is 11.7 Å². The van der Waals surface area contributed by atoms with Crippen molar-refractivity contribution in [3.05, 3.63) is 24.3 Å². The van der Waals surface area contributed by atoms with Crippen LogP contribution in [0.1, 0.15) is 19.8 Å². The zero-order valence-electron chi connectivity index (χ0n) is 13.2. The Labute approximate surface area is 136 Å². The van der Waals surface area contributed by atoms with Gasteiger partial charge in [-0.15, -0.1) is 0 Å². The van der Waals surface area contributed by atoms with Gasteiger partial charge in [-0.05, 0) is 30.7 Å². The summed E-state index contributed by atoms with van der Waals surface area (Å²) in [6.07, 6.45) is 0.944. The van der Waals surface area contributed by atoms with Crippen molar-refractivity contribution < 1.29 is 17.9 Å². The number of hydrogen-bond acceptors (Lipinski definition) is 5. The fraction of sp³-hybridized carbons (Fsp3) is 0.533. The Bertz CT molecular complexity index is 610. The number of nitrogens with one attached hydrogen (secondary N) is 3. The largest absolute Gasteiger partial charge is 0.366 e. The van der Waals surface area contributed by atoms with Crippen molar-refractivity contribution >= 4 is 27.3 Å². The molecule has 1 fully saturated rings. The van der Waals surface area contributed by atoms with Gasteiger partial charge in [0.15, 0.2) is 0 Å². The lowest BCUT2D eigenvalue weighted by Crippen LogP contribution is -2.45. The third-order valence-electron chi connectivity index (χ3n) is 3.41. The fourth-order valence-corrected chi connectivity index (χ4v) is 3.41. The van der Waals surface area contributed by atoms with Crippen molar-refractivity contribution in [3.63, 3.8) is 0 Å². The Balaban J connectivity index is 1.90. The number of benzene rings is 1. The molecule has 0 bridgehead atoms. The van der Waals surface area contributed by atoms with Gasteiger partial charge in [0.2, 0.25) is 10.0 Å². The van der Waals surface area contributed by atoms with Crippen LogP contribution in [0.3, 0.4) is 0 Å². The van der Waals surface area contributed by atoms with E-state index in [9.17, 15) is 13.2 Å². The molecule has 1 unspecified atom stereocenters. The molecule has 128 valence electrons. The smallest absolute Gasteiger partial charge is 0.254 e. The topological polar surface area (TPSA) is 96.5 Å². The van der Waals surface area contributed by atoms with Crippen LogP contribution in [0.5, 0.6) is 0 Å². The predicted molar refractivity (Wildman–Crippen MR) is 90.0 cm³/mol. The number of carbonyl (C=O) groups excluding carboxylic acids is 1. The van der Waals surface area contributed by atoms with Gasteiger partial charge in [0.1, 0.15) is 6.10 Å². The summed E-state index contributed by atoms with van der Waals surface area (Å²) in [5, 5.41) is 5.85. The average molecular weight is 341 g/mol. The van der Waals surface area contributed by atoms with Crippen LogP contribution in [0.25, 0.3) is 0 Å². The van der Waals surface area contributed by atoms with Crippen LogP contribution in [0.2, 0.25) is 0 Å². The number of anilines is 2. The van der Waals surface area contributed by atoms with E-state index < -0.39 is 16.1 Å². The zero-order chi connectivity index (χ0) is 16.7. The molecule has 0 aliphatic carbocycles. The van der Waals surface area contributed by atoms with Gasteiger partial charge in [0.25, 0.3) is 5.91 Å². The van der Waals surface area contributed by atoms with Crippen LogP contribution >= 0.6 is 0 Å². The number of carbonyl (C=O) groups is 1. The third kappa shape index (κ3) is 5.81. The van der Waals surface area contributed by atoms with Crippen molar-refractivity contribution in [3.8, 4) is 0 Å². The van der Waals surface area contributed by atoms with Crippen molar-refractivity contribution in [1.29, 1.82) is 0 Å². The second kappa shape index (κ2) is 8.28. The molecule has 1 aromatic carbocycles. The van der Waals surface area contributed by atoms with Gasteiger partial charge in [0, 0.05) is 24.5 Å². The number of sulfonamides is 1. The molecule has 1 aliphatic rings. The highest BCUT2D eigenvalue weighted by Gasteiger charge is 2.21. The van der Waals surface area contributed by atoms with Gasteiger partial charge in [-0.3, -0.25) is 9.52 Å². The average Bonchev–Trinajstić information content (AvgIpc) is 2.55. The van der Waals surface area contributed by atoms with Crippen LogP contribution in [0.15, 0.2) is 24.3 Å². The summed E-state index contributed by atoms with van der Waals surface area (Å²) in [6.45, 7) is 3.69. The van der Waals surface area contributed by atoms with E-state index in [1.165, 1.54) is 0 Å². The van der Waals surface area contributed by atoms with E-state index in [0.29, 0.717) is 30.9 Å². The molecule has 8 heteroatoms. The lowest BCUT2D eigenvalue weighted by molar-refractivity contribution is -0.128. The Morgan fingerprint density at radius 2 is 2.00 bits per heavy atom. The summed E-state index contributed by atoms with van der Waals surface area (Å²) in [7, 11) is -3.32. The molecule has 3 N–H and O–H groups in total. The van der Waals surface area contributed by atoms with E-state index in [0.717, 1.165) is 13.0 Å². The minimum absolute atomic E-state index is 0.105. The maximum Gasteiger partial charge on any atom is 0.254 e. The summed E-state index contributed by atoms with van der Waals surface area (Å²) in [4.78, 5) is 12.0. The molecule has 1 amide bonds. The molecule has 1 heterocycles. The summed E-state index contributed by atoms with van der Waals surface area (Å²) < 4.78 is 31.5. The third-order valence-corrected chi connectivity index (χ3v) is 4.79. The van der Waals surface area contributed by atoms with Gasteiger partial charge in [-0.1, -0.05) is 13.3 Å². The summed E-state index contributed by atoms with van der Waals surface area (Å²) in [5.41, 5.74) is 1.08. The predicted octanol–water partition coefficient (Wildman–Crippen LogP) is 1.16. The first kappa shape index (κ1) is 17.7. The molecule has 1 atom stereocenters. The Morgan fingerprint density at radius 1 is 1.30 bits per heavy atom. The van der Waals surface area contributed by atoms with Crippen molar-refractivity contribution in [2.45, 2.75) is 25.9 Å². The number of ether oxygens (including phenoxy) is 1. The summed E-state index contributed by atoms with van der Waals surface area (Å²) in [6, 6.07) is 6.57. The highest BCUT2D eigenvalue weighted by molar-refractivity contribution is 7.92. The molecular weight excluding hydrogens is 318 g/mol. The molecule has 1 aromatic rings. The maximum absolute atomic E-state index is 12.0. The van der Waals surface area contributed by atoms with E-state index >= 15 is 0 Å². The summed E-state index contributed by atoms with van der Waals surface area (Å²) >= 11 is 0. The number of amides is 1. The molecule has 0 aromatic heterocycles. The first-order valence-electron chi connectivity index (χ1n) is 7.74. The lowest BCUT2D eigenvalue weighted by atomic mass is 10.2. The Morgan fingerprint density at radius 3 is 2.61 bits per heavy atom. The molecule has 1 saturated heterocycles. The van der Waals surface area contributed by atoms with E-state index in [1.54, 1.807) is 24.3 Å². The molecule has 7 nitrogen and oxygen atoms in total. The van der Waals surface area contributed by atoms with E-state index in [4.69, 9.17) is 4.74 Å². The minimum Gasteiger partial charge on any atom is -0.366 e. The molecule has 2 rings (SSSR count). The van der Waals surface area contributed by atoms with Crippen molar-refractivity contribution in [1.82, 2.24) is 5.32 Å². The van der Waals surface area contributed by atoms with Crippen LogP contribution < -0.4 is 15.4 Å². The monoisotopic (exact) mass is 341 g/mol. The van der Waals surface area contributed by atoms with E-state index in [2.05, 4.69) is 15.4 Å². The highest BCUT2D eigenvalue weighted by Crippen LogP contribution is 2.16. The van der Waals surface area contributed by atoms with Crippen LogP contribution in [0.4, 0.5) is 11.4 Å². The van der Waals surface area contributed by atoms with Gasteiger partial charge < -0.3 is 15.4 Å². The first-order chi connectivity index (χ1) is 11.0. The molecule has 0 spiro atoms. The van der Waals surface area contributed by atoms with Gasteiger partial charge >= 0.3 is 0 Å². The molecular formula is C15H23N3O4S. The Kier molecular flexibility index (Phi) is 6.37. The number of unbranched alkanes of at least 4 members (excludes halogenated alkanes) is 1. The zero-order valence-corrected chi connectivity index (χ0v) is 14.0. The van der Waals surface area contributed by atoms with Crippen LogP contribution in [-0.4, -0.2) is 45.9 Å². The standard InChI is InChI=1S/C15H23N3O4S/c1-2-3-10-23(20,21)18-13-6-4-12(5-7-13)17-15(19)14-11-16-8-9-22-14/h4-7,14,16,18H,2-3,8-11H2,1H3,(H,17,19). The number of hydrogen-bond donors (Lipinski definition) is 3. The van der Waals surface area contributed by atoms with Crippen LogP contribution in [0, 0.1) is 0 Å². The maximum atomic E-state index is 12.0. The molecule has 1 aliphatic heterocycles. The Hall–Kier alpha value is -1.64. The molecule has 0 saturated carbocycles. The van der Waals surface area contributed by atoms with Crippen molar-refractivity contribution in [2.75, 3.05) is 35.5 Å². The second-order valence-corrected chi connectivity index (χ2v) is 7.25. The highest BCUT2D eigenvalue weighted by atomic mass is 32.2. The second-order valence-electron chi connectivity index (χ2n) is 5.40. The SMILES string of the molecule is CCCCS(=O)(=O)Nc1ccc(NC(=O)C2CNCCO2)cc1. The number of morpholine rings is 1. The molecule has 23 heavy (non-hydrogen) atoms. The van der Waals surface area contributed by atoms with E-state index in [1.807, 2.05) is 6.92 Å². The van der Waals surface area contributed by atoms with Gasteiger partial charge in [0.05, 0.1) is 12.4 Å². The quantitative estimate of drug-likeness (QED) is 0.691. The van der Waals surface area contributed by atoms with Gasteiger partial charge in [-0.25, -0.2) is 8.42 Å². The fourth-order valence-electron chi connectivity index (χ4n) is 2.14. The lowest BCUT2D eigenvalue weighted by Gasteiger charge is -2.22. The first-order valence-corrected chi connectivity index (χ1v) is 9.39. The summed E-state index contributed by atoms with van der Waals surface area (Å²) in [5.74, 6) is -0.109. The number of rotatable bonds is 7. The van der Waals surface area contributed by atoms with Crippen molar-refractivity contribution in [2.24, 2.45) is 0 Å². The normalized spacial score (nSPS) is 18.4.